The number of rotatable bonds is 5. The number of ether oxygens (including phenoxy) is 2. The zero-order valence-corrected chi connectivity index (χ0v) is 14.2. The summed E-state index contributed by atoms with van der Waals surface area (Å²) in [5.74, 6) is -0.975. The number of alkyl halides is 3. The number of carbonyl (C=O) groups excluding carboxylic acids is 1. The summed E-state index contributed by atoms with van der Waals surface area (Å²) in [5, 5.41) is 5.06. The van der Waals surface area contributed by atoms with Gasteiger partial charge in [0.15, 0.2) is 0 Å². The molecular formula is C16H14F3NO5S. The smallest absolute Gasteiger partial charge is 0.416 e. The monoisotopic (exact) mass is 389 g/mol. The van der Waals surface area contributed by atoms with Crippen LogP contribution in [0, 0.1) is 0 Å². The molecule has 0 saturated carbocycles. The van der Waals surface area contributed by atoms with Crippen LogP contribution in [0.25, 0.3) is 0 Å². The lowest BCUT2D eigenvalue weighted by molar-refractivity contribution is -0.137. The van der Waals surface area contributed by atoms with Gasteiger partial charge in [0.1, 0.15) is 17.3 Å². The molecule has 0 aromatic heterocycles. The molecule has 2 rings (SSSR count). The molecule has 0 aliphatic heterocycles. The fourth-order valence-electron chi connectivity index (χ4n) is 2.10. The average molecular weight is 389 g/mol. The number of esters is 1. The van der Waals surface area contributed by atoms with E-state index in [9.17, 15) is 26.4 Å². The van der Waals surface area contributed by atoms with Crippen molar-refractivity contribution in [2.75, 3.05) is 7.11 Å². The predicted octanol–water partition coefficient (Wildman–Crippen LogP) is 2.72. The lowest BCUT2D eigenvalue weighted by Gasteiger charge is -2.11. The summed E-state index contributed by atoms with van der Waals surface area (Å²) in [6.45, 7) is -0.417. The van der Waals surface area contributed by atoms with Crippen LogP contribution in [0.4, 0.5) is 13.2 Å². The first-order valence-corrected chi connectivity index (χ1v) is 8.61. The van der Waals surface area contributed by atoms with E-state index in [0.29, 0.717) is 0 Å². The third-order valence-electron chi connectivity index (χ3n) is 3.33. The minimum atomic E-state index is -4.51. The summed E-state index contributed by atoms with van der Waals surface area (Å²) in [4.78, 5) is 11.6. The number of carbonyl (C=O) groups is 1. The second kappa shape index (κ2) is 7.34. The van der Waals surface area contributed by atoms with Crippen LogP contribution in [-0.4, -0.2) is 21.5 Å². The molecule has 0 aliphatic carbocycles. The molecule has 0 atom stereocenters. The van der Waals surface area contributed by atoms with Crippen molar-refractivity contribution in [1.29, 1.82) is 0 Å². The second-order valence-electron chi connectivity index (χ2n) is 5.18. The van der Waals surface area contributed by atoms with E-state index >= 15 is 0 Å². The van der Waals surface area contributed by atoms with Crippen LogP contribution in [0.5, 0.6) is 5.75 Å². The first-order valence-electron chi connectivity index (χ1n) is 7.06. The van der Waals surface area contributed by atoms with E-state index in [1.165, 1.54) is 31.4 Å². The van der Waals surface area contributed by atoms with E-state index in [2.05, 4.69) is 0 Å². The highest BCUT2D eigenvalue weighted by atomic mass is 32.2. The Kier molecular flexibility index (Phi) is 5.57. The molecule has 2 aromatic carbocycles. The van der Waals surface area contributed by atoms with Crippen LogP contribution < -0.4 is 9.88 Å². The predicted molar refractivity (Wildman–Crippen MR) is 84.9 cm³/mol. The number of benzene rings is 2. The molecule has 10 heteroatoms. The van der Waals surface area contributed by atoms with Gasteiger partial charge in [0.25, 0.3) is 0 Å². The second-order valence-corrected chi connectivity index (χ2v) is 6.71. The van der Waals surface area contributed by atoms with Crippen molar-refractivity contribution in [2.45, 2.75) is 17.7 Å². The van der Waals surface area contributed by atoms with Gasteiger partial charge in [-0.25, -0.2) is 18.4 Å². The van der Waals surface area contributed by atoms with Crippen molar-refractivity contribution < 1.29 is 35.9 Å². The topological polar surface area (TPSA) is 95.7 Å². The highest BCUT2D eigenvalue weighted by Gasteiger charge is 2.30. The highest BCUT2D eigenvalue weighted by Crippen LogP contribution is 2.30. The van der Waals surface area contributed by atoms with E-state index < -0.39 is 39.2 Å². The van der Waals surface area contributed by atoms with Gasteiger partial charge in [-0.2, -0.15) is 13.2 Å². The van der Waals surface area contributed by atoms with E-state index in [1.807, 2.05) is 0 Å². The Hall–Kier alpha value is -2.59. The maximum absolute atomic E-state index is 12.7. The zero-order valence-electron chi connectivity index (χ0n) is 13.4. The van der Waals surface area contributed by atoms with Gasteiger partial charge in [-0.05, 0) is 35.9 Å². The van der Waals surface area contributed by atoms with Crippen LogP contribution in [0.3, 0.4) is 0 Å². The quantitative estimate of drug-likeness (QED) is 0.794. The summed E-state index contributed by atoms with van der Waals surface area (Å²) >= 11 is 0. The van der Waals surface area contributed by atoms with Crippen LogP contribution in [0.15, 0.2) is 47.4 Å². The molecule has 0 amide bonds. The first-order chi connectivity index (χ1) is 12.0. The van der Waals surface area contributed by atoms with Crippen molar-refractivity contribution in [2.24, 2.45) is 5.14 Å². The van der Waals surface area contributed by atoms with Crippen molar-refractivity contribution in [1.82, 2.24) is 0 Å². The normalized spacial score (nSPS) is 11.9. The molecule has 0 unspecified atom stereocenters. The van der Waals surface area contributed by atoms with Crippen molar-refractivity contribution in [3.8, 4) is 5.75 Å². The molecule has 6 nitrogen and oxygen atoms in total. The molecule has 0 heterocycles. The molecule has 0 spiro atoms. The molecule has 2 N–H and O–H groups in total. The molecule has 0 radical (unpaired) electrons. The van der Waals surface area contributed by atoms with Gasteiger partial charge in [0.2, 0.25) is 10.0 Å². The number of halogens is 3. The van der Waals surface area contributed by atoms with Gasteiger partial charge < -0.3 is 9.47 Å². The van der Waals surface area contributed by atoms with Crippen LogP contribution in [-0.2, 0) is 27.5 Å². The SMILES string of the molecule is COc1ccc(C(=O)OCc2cccc(C(F)(F)F)c2)cc1S(N)(=O)=O. The van der Waals surface area contributed by atoms with Crippen LogP contribution in [0.1, 0.15) is 21.5 Å². The van der Waals surface area contributed by atoms with Crippen molar-refractivity contribution in [3.63, 3.8) is 0 Å². The fraction of sp³-hybridized carbons (Fsp3) is 0.188. The van der Waals surface area contributed by atoms with E-state index in [4.69, 9.17) is 14.6 Å². The van der Waals surface area contributed by atoms with Crippen molar-refractivity contribution >= 4 is 16.0 Å². The highest BCUT2D eigenvalue weighted by molar-refractivity contribution is 7.89. The largest absolute Gasteiger partial charge is 0.495 e. The third-order valence-corrected chi connectivity index (χ3v) is 4.26. The molecule has 140 valence electrons. The van der Waals surface area contributed by atoms with E-state index in [-0.39, 0.29) is 16.9 Å². The number of nitrogens with two attached hydrogens (primary N) is 1. The van der Waals surface area contributed by atoms with Gasteiger partial charge in [0, 0.05) is 0 Å². The first kappa shape index (κ1) is 19.7. The summed E-state index contributed by atoms with van der Waals surface area (Å²) in [6.07, 6.45) is -4.51. The Bertz CT molecular complexity index is 926. The summed E-state index contributed by atoms with van der Waals surface area (Å²) < 4.78 is 70.9. The standard InChI is InChI=1S/C16H14F3NO5S/c1-24-13-6-5-11(8-14(13)26(20,22)23)15(21)25-9-10-3-2-4-12(7-10)16(17,18)19/h2-8H,9H2,1H3,(H2,20,22,23). The maximum atomic E-state index is 12.7. The van der Waals surface area contributed by atoms with Crippen molar-refractivity contribution in [3.05, 3.63) is 59.2 Å². The lowest BCUT2D eigenvalue weighted by Crippen LogP contribution is -2.15. The molecule has 26 heavy (non-hydrogen) atoms. The van der Waals surface area contributed by atoms with Gasteiger partial charge in [0.05, 0.1) is 18.2 Å². The van der Waals surface area contributed by atoms with E-state index in [1.54, 1.807) is 0 Å². The molecule has 2 aromatic rings. The van der Waals surface area contributed by atoms with Gasteiger partial charge in [-0.3, -0.25) is 0 Å². The number of hydrogen-bond donors (Lipinski definition) is 1. The summed E-state index contributed by atoms with van der Waals surface area (Å²) in [7, 11) is -2.92. The van der Waals surface area contributed by atoms with E-state index in [0.717, 1.165) is 18.2 Å². The van der Waals surface area contributed by atoms with Gasteiger partial charge >= 0.3 is 12.1 Å². The Balaban J connectivity index is 2.19. The Morgan fingerprint density at radius 3 is 2.42 bits per heavy atom. The number of primary sulfonamides is 1. The molecule has 0 fully saturated rings. The number of methoxy groups -OCH3 is 1. The summed E-state index contributed by atoms with van der Waals surface area (Å²) in [6, 6.07) is 7.76. The van der Waals surface area contributed by atoms with Gasteiger partial charge in [-0.15, -0.1) is 0 Å². The molecule has 0 saturated heterocycles. The minimum Gasteiger partial charge on any atom is -0.495 e. The fourth-order valence-corrected chi connectivity index (χ4v) is 2.82. The number of hydrogen-bond acceptors (Lipinski definition) is 5. The number of sulfonamides is 1. The molecule has 0 bridgehead atoms. The molecular weight excluding hydrogens is 375 g/mol. The Morgan fingerprint density at radius 2 is 1.85 bits per heavy atom. The zero-order chi connectivity index (χ0) is 19.5. The minimum absolute atomic E-state index is 0.0538. The Labute approximate surface area is 147 Å². The summed E-state index contributed by atoms with van der Waals surface area (Å²) in [5.41, 5.74) is -0.873. The van der Waals surface area contributed by atoms with Gasteiger partial charge in [-0.1, -0.05) is 12.1 Å². The Morgan fingerprint density at radius 1 is 1.15 bits per heavy atom. The molecule has 0 aliphatic rings. The lowest BCUT2D eigenvalue weighted by atomic mass is 10.1. The van der Waals surface area contributed by atoms with Crippen LogP contribution in [0.2, 0.25) is 0 Å². The average Bonchev–Trinajstić information content (AvgIpc) is 2.57. The third kappa shape index (κ3) is 4.73. The maximum Gasteiger partial charge on any atom is 0.416 e. The van der Waals surface area contributed by atoms with Crippen LogP contribution >= 0.6 is 0 Å².